The Hall–Kier alpha value is -0.740. The Labute approximate surface area is 94.5 Å². The number of aliphatic hydroxyl groups is 1. The first kappa shape index (κ1) is 10.8. The lowest BCUT2D eigenvalue weighted by Crippen LogP contribution is -2.33. The van der Waals surface area contributed by atoms with E-state index >= 15 is 0 Å². The molecule has 0 unspecified atom stereocenters. The zero-order valence-electron chi connectivity index (χ0n) is 8.94. The van der Waals surface area contributed by atoms with E-state index in [0.717, 1.165) is 30.0 Å². The maximum absolute atomic E-state index is 9.27. The number of hydrogen-bond acceptors (Lipinski definition) is 4. The summed E-state index contributed by atoms with van der Waals surface area (Å²) < 4.78 is 0. The Bertz CT molecular complexity index is 337. The molecule has 0 saturated carbocycles. The molecule has 1 N–H and O–H groups in total. The smallest absolute Gasteiger partial charge is 0.0717 e. The number of thioether (sulfide) groups is 1. The van der Waals surface area contributed by atoms with Crippen LogP contribution >= 0.6 is 11.8 Å². The number of aromatic nitrogens is 1. The van der Waals surface area contributed by atoms with Crippen molar-refractivity contribution in [3.8, 4) is 0 Å². The van der Waals surface area contributed by atoms with Gasteiger partial charge in [0.2, 0.25) is 0 Å². The number of aliphatic hydroxyl groups excluding tert-OH is 1. The highest BCUT2D eigenvalue weighted by Gasteiger charge is 2.14. The summed E-state index contributed by atoms with van der Waals surface area (Å²) in [4.78, 5) is 6.56. The fourth-order valence-corrected chi connectivity index (χ4v) is 2.70. The average Bonchev–Trinajstić information content (AvgIpc) is 2.30. The standard InChI is InChI=1S/C11H16N2OS/c1-9-6-11(10(8-14)7-12-9)13-2-4-15-5-3-13/h6-7,14H,2-5,8H2,1H3. The molecule has 0 aliphatic carbocycles. The lowest BCUT2D eigenvalue weighted by Gasteiger charge is -2.30. The van der Waals surface area contributed by atoms with Crippen LogP contribution < -0.4 is 4.90 Å². The maximum Gasteiger partial charge on any atom is 0.0717 e. The summed E-state index contributed by atoms with van der Waals surface area (Å²) >= 11 is 1.99. The summed E-state index contributed by atoms with van der Waals surface area (Å²) in [6.45, 7) is 4.21. The van der Waals surface area contributed by atoms with Crippen LogP contribution in [0.25, 0.3) is 0 Å². The molecule has 1 saturated heterocycles. The molecular formula is C11H16N2OS. The molecule has 0 amide bonds. The van der Waals surface area contributed by atoms with Crippen molar-refractivity contribution in [1.82, 2.24) is 4.98 Å². The quantitative estimate of drug-likeness (QED) is 0.824. The molecular weight excluding hydrogens is 208 g/mol. The van der Waals surface area contributed by atoms with E-state index in [2.05, 4.69) is 16.0 Å². The number of aryl methyl sites for hydroxylation is 1. The topological polar surface area (TPSA) is 36.4 Å². The molecule has 0 aromatic carbocycles. The van der Waals surface area contributed by atoms with E-state index in [-0.39, 0.29) is 6.61 Å². The first-order valence-electron chi connectivity index (χ1n) is 5.20. The molecule has 0 spiro atoms. The zero-order chi connectivity index (χ0) is 10.7. The molecule has 3 nitrogen and oxygen atoms in total. The molecule has 2 rings (SSSR count). The summed E-state index contributed by atoms with van der Waals surface area (Å²) in [5, 5.41) is 9.27. The minimum atomic E-state index is 0.0757. The van der Waals surface area contributed by atoms with Crippen molar-refractivity contribution in [3.63, 3.8) is 0 Å². The summed E-state index contributed by atoms with van der Waals surface area (Å²) in [5.74, 6) is 2.35. The van der Waals surface area contributed by atoms with Crippen molar-refractivity contribution in [3.05, 3.63) is 23.5 Å². The molecule has 2 heterocycles. The SMILES string of the molecule is Cc1cc(N2CCSCC2)c(CO)cn1. The van der Waals surface area contributed by atoms with Crippen LogP contribution in [0.15, 0.2) is 12.3 Å². The van der Waals surface area contributed by atoms with E-state index in [1.807, 2.05) is 18.7 Å². The van der Waals surface area contributed by atoms with E-state index in [1.54, 1.807) is 6.20 Å². The second kappa shape index (κ2) is 4.86. The van der Waals surface area contributed by atoms with Gasteiger partial charge in [-0.3, -0.25) is 4.98 Å². The average molecular weight is 224 g/mol. The number of anilines is 1. The van der Waals surface area contributed by atoms with Crippen LogP contribution in [0.2, 0.25) is 0 Å². The molecule has 82 valence electrons. The maximum atomic E-state index is 9.27. The predicted octanol–water partition coefficient (Wildman–Crippen LogP) is 1.44. The predicted molar refractivity (Wildman–Crippen MR) is 64.4 cm³/mol. The van der Waals surface area contributed by atoms with Crippen molar-refractivity contribution in [2.24, 2.45) is 0 Å². The van der Waals surface area contributed by atoms with Gasteiger partial charge in [0.25, 0.3) is 0 Å². The summed E-state index contributed by atoms with van der Waals surface area (Å²) in [6, 6.07) is 2.07. The number of rotatable bonds is 2. The molecule has 0 bridgehead atoms. The molecule has 1 fully saturated rings. The normalized spacial score (nSPS) is 16.8. The third kappa shape index (κ3) is 2.44. The lowest BCUT2D eigenvalue weighted by molar-refractivity contribution is 0.281. The van der Waals surface area contributed by atoms with Gasteiger partial charge in [0.15, 0.2) is 0 Å². The van der Waals surface area contributed by atoms with Crippen LogP contribution in [0.5, 0.6) is 0 Å². The van der Waals surface area contributed by atoms with E-state index in [0.29, 0.717) is 0 Å². The second-order valence-corrected chi connectivity index (χ2v) is 4.94. The fourth-order valence-electron chi connectivity index (χ4n) is 1.79. The summed E-state index contributed by atoms with van der Waals surface area (Å²) in [6.07, 6.45) is 1.78. The minimum absolute atomic E-state index is 0.0757. The van der Waals surface area contributed by atoms with E-state index < -0.39 is 0 Å². The molecule has 0 radical (unpaired) electrons. The van der Waals surface area contributed by atoms with Gasteiger partial charge >= 0.3 is 0 Å². The molecule has 1 aromatic rings. The van der Waals surface area contributed by atoms with Gasteiger partial charge < -0.3 is 10.0 Å². The van der Waals surface area contributed by atoms with Gasteiger partial charge in [-0.1, -0.05) is 0 Å². The summed E-state index contributed by atoms with van der Waals surface area (Å²) in [5.41, 5.74) is 3.11. The van der Waals surface area contributed by atoms with Crippen LogP contribution in [0.1, 0.15) is 11.3 Å². The second-order valence-electron chi connectivity index (χ2n) is 3.71. The van der Waals surface area contributed by atoms with Gasteiger partial charge in [-0.2, -0.15) is 11.8 Å². The van der Waals surface area contributed by atoms with Crippen LogP contribution in [0, 0.1) is 6.92 Å². The molecule has 1 aliphatic rings. The minimum Gasteiger partial charge on any atom is -0.392 e. The monoisotopic (exact) mass is 224 g/mol. The van der Waals surface area contributed by atoms with Crippen LogP contribution in [-0.4, -0.2) is 34.7 Å². The van der Waals surface area contributed by atoms with Crippen LogP contribution in [0.4, 0.5) is 5.69 Å². The molecule has 1 aromatic heterocycles. The Morgan fingerprint density at radius 3 is 2.87 bits per heavy atom. The molecule has 1 aliphatic heterocycles. The van der Waals surface area contributed by atoms with Crippen molar-refractivity contribution < 1.29 is 5.11 Å². The zero-order valence-corrected chi connectivity index (χ0v) is 9.76. The number of nitrogens with zero attached hydrogens (tertiary/aromatic N) is 2. The van der Waals surface area contributed by atoms with Crippen molar-refractivity contribution in [2.45, 2.75) is 13.5 Å². The van der Waals surface area contributed by atoms with Gasteiger partial charge in [0.1, 0.15) is 0 Å². The third-order valence-electron chi connectivity index (χ3n) is 2.62. The highest BCUT2D eigenvalue weighted by molar-refractivity contribution is 7.99. The third-order valence-corrected chi connectivity index (χ3v) is 3.56. The Balaban J connectivity index is 2.27. The molecule has 4 heteroatoms. The Morgan fingerprint density at radius 1 is 1.47 bits per heavy atom. The van der Waals surface area contributed by atoms with Crippen molar-refractivity contribution >= 4 is 17.4 Å². The highest BCUT2D eigenvalue weighted by atomic mass is 32.2. The highest BCUT2D eigenvalue weighted by Crippen LogP contribution is 2.23. The Kier molecular flexibility index (Phi) is 3.49. The van der Waals surface area contributed by atoms with Gasteiger partial charge in [-0.05, 0) is 13.0 Å². The fraction of sp³-hybridized carbons (Fsp3) is 0.545. The first-order chi connectivity index (χ1) is 7.31. The molecule has 0 atom stereocenters. The largest absolute Gasteiger partial charge is 0.392 e. The number of pyridine rings is 1. The Morgan fingerprint density at radius 2 is 2.20 bits per heavy atom. The van der Waals surface area contributed by atoms with Crippen molar-refractivity contribution in [2.75, 3.05) is 29.5 Å². The lowest BCUT2D eigenvalue weighted by atomic mass is 10.2. The number of hydrogen-bond donors (Lipinski definition) is 1. The van der Waals surface area contributed by atoms with Gasteiger partial charge in [0.05, 0.1) is 6.61 Å². The van der Waals surface area contributed by atoms with Gasteiger partial charge in [-0.25, -0.2) is 0 Å². The van der Waals surface area contributed by atoms with Gasteiger partial charge in [0, 0.05) is 47.7 Å². The van der Waals surface area contributed by atoms with E-state index in [9.17, 15) is 5.11 Å². The summed E-state index contributed by atoms with van der Waals surface area (Å²) in [7, 11) is 0. The molecule has 15 heavy (non-hydrogen) atoms. The van der Waals surface area contributed by atoms with Crippen LogP contribution in [-0.2, 0) is 6.61 Å². The van der Waals surface area contributed by atoms with Crippen molar-refractivity contribution in [1.29, 1.82) is 0 Å². The van der Waals surface area contributed by atoms with Crippen LogP contribution in [0.3, 0.4) is 0 Å². The van der Waals surface area contributed by atoms with Gasteiger partial charge in [-0.15, -0.1) is 0 Å². The first-order valence-corrected chi connectivity index (χ1v) is 6.36. The van der Waals surface area contributed by atoms with E-state index in [4.69, 9.17) is 0 Å². The van der Waals surface area contributed by atoms with E-state index in [1.165, 1.54) is 11.5 Å².